The zero-order chi connectivity index (χ0) is 42.4. The number of aliphatic imine (C=N–C) groups is 2. The summed E-state index contributed by atoms with van der Waals surface area (Å²) in [6.07, 6.45) is -0.307. The lowest BCUT2D eigenvalue weighted by Gasteiger charge is -2.25. The average Bonchev–Trinajstić information content (AvgIpc) is 3.14. The Balaban J connectivity index is 2.98. The highest BCUT2D eigenvalue weighted by Gasteiger charge is 2.31. The molecule has 0 saturated carbocycles. The number of para-hydroxylation sites is 1. The summed E-state index contributed by atoms with van der Waals surface area (Å²) in [7, 11) is 0. The fourth-order valence-electron chi connectivity index (χ4n) is 4.76. The molecule has 0 radical (unpaired) electrons. The summed E-state index contributed by atoms with van der Waals surface area (Å²) in [6.45, 7) is 0.876. The molecular weight excluding hydrogens is 806 g/mol. The Morgan fingerprint density at radius 2 is 1.21 bits per heavy atom. The van der Waals surface area contributed by atoms with Crippen LogP contribution in [0.15, 0.2) is 34.3 Å². The van der Waals surface area contributed by atoms with Crippen molar-refractivity contribution in [2.75, 3.05) is 32.7 Å². The summed E-state index contributed by atoms with van der Waals surface area (Å²) in [6, 6.07) is 0.333. The number of hydrogen-bond donors (Lipinski definition) is 12. The number of rotatable bonds is 25. The molecule has 0 bridgehead atoms. The van der Waals surface area contributed by atoms with Crippen molar-refractivity contribution in [2.45, 2.75) is 68.0 Å². The van der Waals surface area contributed by atoms with Gasteiger partial charge in [-0.3, -0.25) is 53.7 Å². The summed E-state index contributed by atoms with van der Waals surface area (Å²) in [5.74, 6) is -6.04. The predicted octanol–water partition coefficient (Wildman–Crippen LogP) is -4.84. The van der Waals surface area contributed by atoms with E-state index in [2.05, 4.69) is 57.8 Å². The molecule has 1 rings (SSSR count). The molecule has 0 aliphatic carbocycles. The minimum Gasteiger partial charge on any atom is -0.370 e. The van der Waals surface area contributed by atoms with Crippen LogP contribution >= 0.6 is 15.9 Å². The van der Waals surface area contributed by atoms with Gasteiger partial charge in [-0.2, -0.15) is 0 Å². The number of hydrogen-bond acceptors (Lipinski definition) is 12. The SMILES string of the molecule is C[C@@H](NC(=O)[C@@H](CC(N)=O)NC(=O)[C@@H](CCCN=C(N)N)NC(=O)[C@@H](CCCN=C(N)N)NC(=O)CN)C(=O)NCCNC(=O)C(Br)c1ccccc1[N+](=O)[O-]. The number of nitrogens with one attached hydrogen (secondary N) is 6. The zero-order valence-electron chi connectivity index (χ0n) is 30.6. The van der Waals surface area contributed by atoms with E-state index >= 15 is 0 Å². The smallest absolute Gasteiger partial charge is 0.274 e. The van der Waals surface area contributed by atoms with Crippen LogP contribution in [0.3, 0.4) is 0 Å². The molecule has 0 heterocycles. The molecule has 0 aromatic heterocycles. The van der Waals surface area contributed by atoms with E-state index in [-0.39, 0.29) is 75.0 Å². The maximum Gasteiger partial charge on any atom is 0.274 e. The molecule has 0 aliphatic rings. The molecule has 18 N–H and O–H groups in total. The number of alkyl halides is 1. The zero-order valence-corrected chi connectivity index (χ0v) is 32.2. The monoisotopic (exact) mass is 855 g/mol. The van der Waals surface area contributed by atoms with Crippen molar-refractivity contribution in [1.82, 2.24) is 31.9 Å². The molecule has 0 fully saturated rings. The third-order valence-corrected chi connectivity index (χ3v) is 8.42. The second-order valence-electron chi connectivity index (χ2n) is 12.0. The third kappa shape index (κ3) is 18.3. The quantitative estimate of drug-likeness (QED) is 0.0110. The van der Waals surface area contributed by atoms with Gasteiger partial charge in [-0.15, -0.1) is 0 Å². The van der Waals surface area contributed by atoms with Crippen LogP contribution in [-0.2, 0) is 33.6 Å². The molecule has 7 amide bonds. The van der Waals surface area contributed by atoms with Gasteiger partial charge in [-0.25, -0.2) is 0 Å². The lowest BCUT2D eigenvalue weighted by Crippen LogP contribution is -2.58. The molecule has 5 atom stereocenters. The van der Waals surface area contributed by atoms with E-state index < -0.39 is 88.2 Å². The highest BCUT2D eigenvalue weighted by atomic mass is 79.9. The second-order valence-corrected chi connectivity index (χ2v) is 12.9. The van der Waals surface area contributed by atoms with E-state index in [1.165, 1.54) is 31.2 Å². The van der Waals surface area contributed by atoms with Gasteiger partial charge < -0.3 is 66.3 Å². The minimum absolute atomic E-state index is 0.0469. The largest absolute Gasteiger partial charge is 0.370 e. The maximum absolute atomic E-state index is 13.5. The van der Waals surface area contributed by atoms with Crippen molar-refractivity contribution in [3.63, 3.8) is 0 Å². The van der Waals surface area contributed by atoms with Gasteiger partial charge in [-0.1, -0.05) is 34.1 Å². The average molecular weight is 857 g/mol. The molecule has 56 heavy (non-hydrogen) atoms. The molecular formula is C31H50BrN15O9. The van der Waals surface area contributed by atoms with Crippen molar-refractivity contribution >= 4 is 74.9 Å². The molecule has 1 aromatic carbocycles. The second kappa shape index (κ2) is 25.1. The first kappa shape index (κ1) is 47.9. The van der Waals surface area contributed by atoms with Gasteiger partial charge in [0.1, 0.15) is 29.0 Å². The van der Waals surface area contributed by atoms with Crippen molar-refractivity contribution in [1.29, 1.82) is 0 Å². The number of halogens is 1. The Kier molecular flexibility index (Phi) is 21.4. The van der Waals surface area contributed by atoms with Gasteiger partial charge in [-0.05, 0) is 32.6 Å². The third-order valence-electron chi connectivity index (χ3n) is 7.51. The molecule has 24 nitrogen and oxygen atoms in total. The van der Waals surface area contributed by atoms with Crippen LogP contribution in [0.5, 0.6) is 0 Å². The van der Waals surface area contributed by atoms with Crippen molar-refractivity contribution in [2.24, 2.45) is 44.4 Å². The standard InChI is InChI=1S/C31H50BrN15O9/c1-16(25(50)39-12-13-40-29(54)24(32)17-6-2-3-9-21(17)47(55)56)43-28(53)20(14-22(34)48)46-27(52)19(8-5-11-42-31(37)38)45-26(51)18(44-23(49)15-33)7-4-10-41-30(35)36/h2-3,6,9,16,18-20,24H,4-5,7-8,10-15,33H2,1H3,(H2,34,48)(H,39,50)(H,40,54)(H,43,53)(H,44,49)(H,45,51)(H,46,52)(H4,35,36,41)(H4,37,38,42)/t16-,18-,19-,20-,24?/m1/s1. The minimum atomic E-state index is -1.60. The van der Waals surface area contributed by atoms with Gasteiger partial charge in [0.2, 0.25) is 41.4 Å². The van der Waals surface area contributed by atoms with Crippen molar-refractivity contribution < 1.29 is 38.5 Å². The molecule has 25 heteroatoms. The number of carbonyl (C=O) groups is 7. The predicted molar refractivity (Wildman–Crippen MR) is 207 cm³/mol. The lowest BCUT2D eigenvalue weighted by molar-refractivity contribution is -0.385. The summed E-state index contributed by atoms with van der Waals surface area (Å²) in [5, 5.41) is 26.1. The Morgan fingerprint density at radius 1 is 0.732 bits per heavy atom. The first-order chi connectivity index (χ1) is 26.4. The van der Waals surface area contributed by atoms with Gasteiger partial charge in [0, 0.05) is 32.2 Å². The maximum atomic E-state index is 13.5. The highest BCUT2D eigenvalue weighted by Crippen LogP contribution is 2.30. The first-order valence-electron chi connectivity index (χ1n) is 17.1. The Morgan fingerprint density at radius 3 is 1.71 bits per heavy atom. The van der Waals surface area contributed by atoms with Gasteiger partial charge in [0.25, 0.3) is 5.69 Å². The van der Waals surface area contributed by atoms with E-state index in [0.29, 0.717) is 0 Å². The summed E-state index contributed by atoms with van der Waals surface area (Å²) in [4.78, 5) is 107. The number of guanidine groups is 2. The highest BCUT2D eigenvalue weighted by molar-refractivity contribution is 9.09. The Bertz CT molecular complexity index is 1620. The van der Waals surface area contributed by atoms with Crippen LogP contribution in [0.2, 0.25) is 0 Å². The van der Waals surface area contributed by atoms with Crippen LogP contribution in [0.25, 0.3) is 0 Å². The van der Waals surface area contributed by atoms with E-state index in [1.807, 2.05) is 0 Å². The van der Waals surface area contributed by atoms with Crippen LogP contribution < -0.4 is 66.3 Å². The number of primary amides is 1. The molecule has 0 aliphatic heterocycles. The van der Waals surface area contributed by atoms with Gasteiger partial charge >= 0.3 is 0 Å². The molecule has 0 spiro atoms. The number of amides is 7. The van der Waals surface area contributed by atoms with E-state index in [0.717, 1.165) is 0 Å². The first-order valence-corrected chi connectivity index (χ1v) is 18.0. The fourth-order valence-corrected chi connectivity index (χ4v) is 5.31. The summed E-state index contributed by atoms with van der Waals surface area (Å²) >= 11 is 3.14. The molecule has 310 valence electrons. The fraction of sp³-hybridized carbons (Fsp3) is 0.516. The van der Waals surface area contributed by atoms with Gasteiger partial charge in [0.05, 0.1) is 23.5 Å². The Labute approximate surface area is 329 Å². The van der Waals surface area contributed by atoms with Crippen LogP contribution in [0, 0.1) is 10.1 Å². The van der Waals surface area contributed by atoms with E-state index in [4.69, 9.17) is 34.4 Å². The number of nitrogens with two attached hydrogens (primary N) is 6. The molecule has 1 aromatic rings. The van der Waals surface area contributed by atoms with Crippen molar-refractivity contribution in [3.8, 4) is 0 Å². The molecule has 1 unspecified atom stereocenters. The lowest BCUT2D eigenvalue weighted by atomic mass is 10.1. The van der Waals surface area contributed by atoms with Crippen molar-refractivity contribution in [3.05, 3.63) is 39.9 Å². The molecule has 0 saturated heterocycles. The van der Waals surface area contributed by atoms with Crippen LogP contribution in [0.4, 0.5) is 5.69 Å². The summed E-state index contributed by atoms with van der Waals surface area (Å²) < 4.78 is 0. The van der Waals surface area contributed by atoms with E-state index in [9.17, 15) is 43.7 Å². The topological polar surface area (TPSA) is 416 Å². The number of nitro benzene ring substituents is 1. The van der Waals surface area contributed by atoms with Gasteiger partial charge in [0.15, 0.2) is 11.9 Å². The number of nitrogens with zero attached hydrogens (tertiary/aromatic N) is 3. The van der Waals surface area contributed by atoms with Crippen LogP contribution in [-0.4, -0.2) is 115 Å². The van der Waals surface area contributed by atoms with E-state index in [1.54, 1.807) is 0 Å². The Hall–Kier alpha value is -6.11. The number of nitro groups is 1. The number of benzene rings is 1. The number of carbonyl (C=O) groups excluding carboxylic acids is 7. The van der Waals surface area contributed by atoms with Crippen LogP contribution in [0.1, 0.15) is 49.4 Å². The summed E-state index contributed by atoms with van der Waals surface area (Å²) in [5.41, 5.74) is 32.0. The normalized spacial score (nSPS) is 13.2.